The highest BCUT2D eigenvalue weighted by molar-refractivity contribution is 5.25. The zero-order valence-electron chi connectivity index (χ0n) is 14.3. The Labute approximate surface area is 130 Å². The molecule has 0 amide bonds. The minimum absolute atomic E-state index is 0.175. The molecule has 1 aromatic rings. The highest BCUT2D eigenvalue weighted by Crippen LogP contribution is 2.34. The normalized spacial score (nSPS) is 23.0. The van der Waals surface area contributed by atoms with Crippen molar-refractivity contribution in [2.24, 2.45) is 11.8 Å². The molecule has 1 aliphatic rings. The molecule has 2 unspecified atom stereocenters. The van der Waals surface area contributed by atoms with Gasteiger partial charge in [-0.1, -0.05) is 38.1 Å². The third kappa shape index (κ3) is 5.12. The van der Waals surface area contributed by atoms with Gasteiger partial charge in [0, 0.05) is 24.6 Å². The van der Waals surface area contributed by atoms with Gasteiger partial charge in [0.05, 0.1) is 6.10 Å². The van der Waals surface area contributed by atoms with Gasteiger partial charge in [-0.2, -0.15) is 0 Å². The van der Waals surface area contributed by atoms with Crippen molar-refractivity contribution >= 4 is 0 Å². The fourth-order valence-electron chi connectivity index (χ4n) is 2.96. The van der Waals surface area contributed by atoms with Crippen LogP contribution >= 0.6 is 0 Å². The molecule has 0 saturated carbocycles. The van der Waals surface area contributed by atoms with Crippen molar-refractivity contribution in [1.82, 2.24) is 5.32 Å². The molecule has 1 fully saturated rings. The first-order valence-corrected chi connectivity index (χ1v) is 8.30. The van der Waals surface area contributed by atoms with Gasteiger partial charge in [-0.15, -0.1) is 0 Å². The summed E-state index contributed by atoms with van der Waals surface area (Å²) in [7, 11) is 0. The molecule has 118 valence electrons. The maximum absolute atomic E-state index is 6.00. The Morgan fingerprint density at radius 3 is 2.43 bits per heavy atom. The van der Waals surface area contributed by atoms with E-state index in [9.17, 15) is 0 Å². The first-order chi connectivity index (χ1) is 9.85. The molecular weight excluding hydrogens is 258 g/mol. The summed E-state index contributed by atoms with van der Waals surface area (Å²) < 4.78 is 6.00. The number of hydrogen-bond donors (Lipinski definition) is 1. The van der Waals surface area contributed by atoms with E-state index in [-0.39, 0.29) is 11.6 Å². The van der Waals surface area contributed by atoms with E-state index in [1.165, 1.54) is 11.1 Å². The van der Waals surface area contributed by atoms with E-state index in [1.807, 2.05) is 0 Å². The van der Waals surface area contributed by atoms with E-state index in [2.05, 4.69) is 64.2 Å². The van der Waals surface area contributed by atoms with Gasteiger partial charge in [-0.25, -0.2) is 0 Å². The highest BCUT2D eigenvalue weighted by Gasteiger charge is 2.30. The Bertz CT molecular complexity index is 430. The van der Waals surface area contributed by atoms with Crippen molar-refractivity contribution in [2.75, 3.05) is 13.2 Å². The lowest BCUT2D eigenvalue weighted by Crippen LogP contribution is -2.39. The molecule has 2 atom stereocenters. The van der Waals surface area contributed by atoms with Gasteiger partial charge in [0.2, 0.25) is 0 Å². The van der Waals surface area contributed by atoms with Crippen LogP contribution in [0.2, 0.25) is 0 Å². The van der Waals surface area contributed by atoms with Gasteiger partial charge in [0.25, 0.3) is 0 Å². The molecule has 2 nitrogen and oxygen atoms in total. The van der Waals surface area contributed by atoms with Crippen LogP contribution in [-0.4, -0.2) is 18.7 Å². The molecule has 0 bridgehead atoms. The molecule has 1 aromatic carbocycles. The number of ether oxygens (including phenoxy) is 1. The summed E-state index contributed by atoms with van der Waals surface area (Å²) >= 11 is 0. The summed E-state index contributed by atoms with van der Waals surface area (Å²) in [5.74, 6) is 1.29. The summed E-state index contributed by atoms with van der Waals surface area (Å²) in [6, 6.07) is 9.06. The molecule has 1 N–H and O–H groups in total. The first-order valence-electron chi connectivity index (χ1n) is 8.30. The molecule has 0 spiro atoms. The summed E-state index contributed by atoms with van der Waals surface area (Å²) in [6.45, 7) is 13.1. The number of hydrogen-bond acceptors (Lipinski definition) is 2. The lowest BCUT2D eigenvalue weighted by atomic mass is 9.93. The lowest BCUT2D eigenvalue weighted by molar-refractivity contribution is 0.0889. The predicted molar refractivity (Wildman–Crippen MR) is 89.5 cm³/mol. The van der Waals surface area contributed by atoms with E-state index in [1.54, 1.807) is 0 Å². The molecule has 2 heteroatoms. The van der Waals surface area contributed by atoms with E-state index >= 15 is 0 Å². The van der Waals surface area contributed by atoms with E-state index in [0.717, 1.165) is 26.0 Å². The van der Waals surface area contributed by atoms with Crippen molar-refractivity contribution in [3.63, 3.8) is 0 Å². The third-order valence-corrected chi connectivity index (χ3v) is 4.06. The number of benzene rings is 1. The largest absolute Gasteiger partial charge is 0.373 e. The second kappa shape index (κ2) is 6.93. The average molecular weight is 289 g/mol. The van der Waals surface area contributed by atoms with E-state index in [0.29, 0.717) is 11.8 Å². The van der Waals surface area contributed by atoms with Crippen molar-refractivity contribution in [3.05, 3.63) is 35.4 Å². The van der Waals surface area contributed by atoms with Crippen LogP contribution in [0.25, 0.3) is 0 Å². The van der Waals surface area contributed by atoms with E-state index in [4.69, 9.17) is 4.74 Å². The van der Waals surface area contributed by atoms with E-state index < -0.39 is 0 Å². The van der Waals surface area contributed by atoms with Crippen molar-refractivity contribution in [3.8, 4) is 0 Å². The second-order valence-corrected chi connectivity index (χ2v) is 7.81. The van der Waals surface area contributed by atoms with Crippen LogP contribution in [0.1, 0.15) is 58.3 Å². The van der Waals surface area contributed by atoms with Gasteiger partial charge in [-0.05, 0) is 50.7 Å². The van der Waals surface area contributed by atoms with Crippen molar-refractivity contribution in [1.29, 1.82) is 0 Å². The topological polar surface area (TPSA) is 21.3 Å². The first kappa shape index (κ1) is 16.5. The fourth-order valence-corrected chi connectivity index (χ4v) is 2.96. The lowest BCUT2D eigenvalue weighted by Gasteiger charge is -2.26. The van der Waals surface area contributed by atoms with Crippen LogP contribution in [0.15, 0.2) is 24.3 Å². The summed E-state index contributed by atoms with van der Waals surface area (Å²) in [4.78, 5) is 0. The zero-order valence-corrected chi connectivity index (χ0v) is 14.3. The third-order valence-electron chi connectivity index (χ3n) is 4.06. The fraction of sp³-hybridized carbons (Fsp3) is 0.684. The maximum atomic E-state index is 6.00. The molecule has 2 rings (SSSR count). The smallest absolute Gasteiger partial charge is 0.0866 e. The Kier molecular flexibility index (Phi) is 5.45. The van der Waals surface area contributed by atoms with Crippen LogP contribution in [-0.2, 0) is 11.2 Å². The minimum Gasteiger partial charge on any atom is -0.373 e. The maximum Gasteiger partial charge on any atom is 0.0866 e. The van der Waals surface area contributed by atoms with Gasteiger partial charge in [0.1, 0.15) is 0 Å². The van der Waals surface area contributed by atoms with Gasteiger partial charge in [0.15, 0.2) is 0 Å². The Balaban J connectivity index is 1.99. The molecule has 0 aliphatic carbocycles. The number of nitrogens with one attached hydrogen (secondary N) is 1. The summed E-state index contributed by atoms with van der Waals surface area (Å²) in [5, 5.41) is 3.62. The predicted octanol–water partition coefficient (Wildman–Crippen LogP) is 4.35. The standard InChI is InChI=1S/C19H31NO/c1-14(2)12-15-6-8-16(9-7-15)18-17(10-11-21-18)13-20-19(3,4)5/h6-9,14,17-18,20H,10-13H2,1-5H3. The monoisotopic (exact) mass is 289 g/mol. The quantitative estimate of drug-likeness (QED) is 0.870. The number of rotatable bonds is 5. The van der Waals surface area contributed by atoms with Crippen LogP contribution in [0.5, 0.6) is 0 Å². The summed E-state index contributed by atoms with van der Waals surface area (Å²) in [5.41, 5.74) is 2.94. The van der Waals surface area contributed by atoms with Crippen LogP contribution < -0.4 is 5.32 Å². The molecule has 1 saturated heterocycles. The second-order valence-electron chi connectivity index (χ2n) is 7.81. The van der Waals surface area contributed by atoms with Crippen molar-refractivity contribution < 1.29 is 4.74 Å². The molecule has 1 aliphatic heterocycles. The molecule has 0 aromatic heterocycles. The van der Waals surface area contributed by atoms with Crippen LogP contribution in [0, 0.1) is 11.8 Å². The van der Waals surface area contributed by atoms with Gasteiger partial charge in [-0.3, -0.25) is 0 Å². The SMILES string of the molecule is CC(C)Cc1ccc(C2OCCC2CNC(C)(C)C)cc1. The Morgan fingerprint density at radius 2 is 1.86 bits per heavy atom. The minimum atomic E-state index is 0.175. The zero-order chi connectivity index (χ0) is 15.5. The molecule has 0 radical (unpaired) electrons. The van der Waals surface area contributed by atoms with Crippen molar-refractivity contribution in [2.45, 2.75) is 59.1 Å². The summed E-state index contributed by atoms with van der Waals surface area (Å²) in [6.07, 6.45) is 2.57. The average Bonchev–Trinajstić information content (AvgIpc) is 2.84. The highest BCUT2D eigenvalue weighted by atomic mass is 16.5. The van der Waals surface area contributed by atoms with Gasteiger partial charge < -0.3 is 10.1 Å². The Morgan fingerprint density at radius 1 is 1.19 bits per heavy atom. The van der Waals surface area contributed by atoms with Gasteiger partial charge >= 0.3 is 0 Å². The molecule has 21 heavy (non-hydrogen) atoms. The molecule has 1 heterocycles. The van der Waals surface area contributed by atoms with Crippen LogP contribution in [0.4, 0.5) is 0 Å². The molecular formula is C19H31NO. The Hall–Kier alpha value is -0.860. The van der Waals surface area contributed by atoms with Crippen LogP contribution in [0.3, 0.4) is 0 Å².